The van der Waals surface area contributed by atoms with Crippen LogP contribution in [0.5, 0.6) is 0 Å². The fourth-order valence-corrected chi connectivity index (χ4v) is 0.871. The van der Waals surface area contributed by atoms with E-state index in [4.69, 9.17) is 0 Å². The summed E-state index contributed by atoms with van der Waals surface area (Å²) in [5, 5.41) is 3.02. The van der Waals surface area contributed by atoms with Crippen molar-refractivity contribution in [2.75, 3.05) is 6.54 Å². The van der Waals surface area contributed by atoms with E-state index < -0.39 is 0 Å². The van der Waals surface area contributed by atoms with Crippen LogP contribution in [0.15, 0.2) is 16.4 Å². The molecule has 0 aromatic carbocycles. The van der Waals surface area contributed by atoms with Crippen LogP contribution in [0.3, 0.4) is 0 Å². The van der Waals surface area contributed by atoms with Gasteiger partial charge < -0.3 is 5.32 Å². The number of hydrogen-bond acceptors (Lipinski definition) is 3. The molecule has 0 bridgehead atoms. The van der Waals surface area contributed by atoms with Crippen molar-refractivity contribution >= 4 is 12.0 Å². The number of carbonyl (C=O) groups excluding carboxylic acids is 1. The molecule has 0 aromatic heterocycles. The zero-order valence-corrected chi connectivity index (χ0v) is 6.14. The van der Waals surface area contributed by atoms with Crippen LogP contribution < -0.4 is 5.32 Å². The van der Waals surface area contributed by atoms with Crippen molar-refractivity contribution in [3.05, 3.63) is 11.4 Å². The summed E-state index contributed by atoms with van der Waals surface area (Å²) in [6.45, 7) is 4.10. The summed E-state index contributed by atoms with van der Waals surface area (Å²) in [6.07, 6.45) is 1.70. The van der Waals surface area contributed by atoms with Crippen molar-refractivity contribution in [3.63, 3.8) is 0 Å². The third-order valence-electron chi connectivity index (χ3n) is 1.37. The topological polar surface area (TPSA) is 41.5 Å². The Balaban J connectivity index is 2.90. The van der Waals surface area contributed by atoms with Crippen LogP contribution in [-0.4, -0.2) is 18.5 Å². The second kappa shape index (κ2) is 2.64. The highest BCUT2D eigenvalue weighted by atomic mass is 16.1. The minimum Gasteiger partial charge on any atom is -0.382 e. The molecular formula is C7H10N2O. The Morgan fingerprint density at radius 3 is 2.90 bits per heavy atom. The quantitative estimate of drug-likeness (QED) is 0.572. The number of ketones is 1. The molecule has 0 aromatic rings. The molecule has 1 rings (SSSR count). The van der Waals surface area contributed by atoms with E-state index >= 15 is 0 Å². The predicted octanol–water partition coefficient (Wildman–Crippen LogP) is 0.481. The molecule has 54 valence electrons. The van der Waals surface area contributed by atoms with E-state index in [0.717, 1.165) is 12.2 Å². The zero-order chi connectivity index (χ0) is 7.56. The molecule has 1 aliphatic heterocycles. The number of carbonyl (C=O) groups is 1. The maximum atomic E-state index is 10.8. The van der Waals surface area contributed by atoms with Crippen LogP contribution in [0, 0.1) is 0 Å². The van der Waals surface area contributed by atoms with Crippen LogP contribution >= 0.6 is 0 Å². The Labute approximate surface area is 59.8 Å². The molecule has 0 saturated heterocycles. The van der Waals surface area contributed by atoms with Crippen molar-refractivity contribution in [2.45, 2.75) is 13.8 Å². The maximum Gasteiger partial charge on any atom is 0.179 e. The normalized spacial score (nSPS) is 17.0. The van der Waals surface area contributed by atoms with E-state index in [0.29, 0.717) is 5.70 Å². The van der Waals surface area contributed by atoms with Gasteiger partial charge in [0.15, 0.2) is 5.78 Å². The van der Waals surface area contributed by atoms with Crippen LogP contribution in [-0.2, 0) is 4.79 Å². The Bertz CT molecular complexity index is 216. The average molecular weight is 138 g/mol. The highest BCUT2D eigenvalue weighted by Crippen LogP contribution is 2.05. The summed E-state index contributed by atoms with van der Waals surface area (Å²) in [5.74, 6) is 0.0148. The third-order valence-corrected chi connectivity index (χ3v) is 1.37. The van der Waals surface area contributed by atoms with Gasteiger partial charge in [0.05, 0.1) is 6.54 Å². The molecule has 0 unspecified atom stereocenters. The van der Waals surface area contributed by atoms with E-state index in [1.165, 1.54) is 6.92 Å². The van der Waals surface area contributed by atoms with Gasteiger partial charge in [0.25, 0.3) is 0 Å². The summed E-state index contributed by atoms with van der Waals surface area (Å²) < 4.78 is 0. The van der Waals surface area contributed by atoms with E-state index in [1.807, 2.05) is 6.92 Å². The third kappa shape index (κ3) is 1.23. The minimum atomic E-state index is 0.0148. The Hall–Kier alpha value is -1.12. The summed E-state index contributed by atoms with van der Waals surface area (Å²) in [6, 6.07) is 0. The Morgan fingerprint density at radius 1 is 1.80 bits per heavy atom. The lowest BCUT2D eigenvalue weighted by atomic mass is 10.2. The first-order valence-corrected chi connectivity index (χ1v) is 3.20. The van der Waals surface area contributed by atoms with Crippen LogP contribution in [0.1, 0.15) is 13.8 Å². The number of nitrogens with zero attached hydrogens (tertiary/aromatic N) is 1. The number of rotatable bonds is 1. The molecule has 10 heavy (non-hydrogen) atoms. The number of nitrogens with one attached hydrogen (secondary N) is 1. The van der Waals surface area contributed by atoms with Crippen LogP contribution in [0.25, 0.3) is 0 Å². The smallest absolute Gasteiger partial charge is 0.179 e. The first-order chi connectivity index (χ1) is 4.72. The molecule has 0 atom stereocenters. The van der Waals surface area contributed by atoms with Gasteiger partial charge >= 0.3 is 0 Å². The molecule has 0 saturated carbocycles. The van der Waals surface area contributed by atoms with Gasteiger partial charge in [0.1, 0.15) is 5.70 Å². The van der Waals surface area contributed by atoms with Gasteiger partial charge in [-0.15, -0.1) is 0 Å². The fraction of sp³-hybridized carbons (Fsp3) is 0.429. The van der Waals surface area contributed by atoms with Gasteiger partial charge in [-0.25, -0.2) is 0 Å². The minimum absolute atomic E-state index is 0.0148. The van der Waals surface area contributed by atoms with Crippen molar-refractivity contribution in [2.24, 2.45) is 4.99 Å². The van der Waals surface area contributed by atoms with E-state index in [9.17, 15) is 4.79 Å². The molecule has 0 spiro atoms. The molecule has 0 aliphatic carbocycles. The van der Waals surface area contributed by atoms with E-state index in [2.05, 4.69) is 10.3 Å². The monoisotopic (exact) mass is 138 g/mol. The lowest BCUT2D eigenvalue weighted by molar-refractivity contribution is -0.113. The Kier molecular flexibility index (Phi) is 1.85. The van der Waals surface area contributed by atoms with Gasteiger partial charge in [0.2, 0.25) is 0 Å². The molecular weight excluding hydrogens is 128 g/mol. The van der Waals surface area contributed by atoms with Crippen molar-refractivity contribution in [1.82, 2.24) is 5.32 Å². The fourth-order valence-electron chi connectivity index (χ4n) is 0.871. The van der Waals surface area contributed by atoms with Crippen molar-refractivity contribution < 1.29 is 4.79 Å². The summed E-state index contributed by atoms with van der Waals surface area (Å²) in [5.41, 5.74) is 1.42. The maximum absolute atomic E-state index is 10.8. The summed E-state index contributed by atoms with van der Waals surface area (Å²) >= 11 is 0. The lowest BCUT2D eigenvalue weighted by Crippen LogP contribution is -2.21. The molecule has 3 heteroatoms. The summed E-state index contributed by atoms with van der Waals surface area (Å²) in [4.78, 5) is 14.8. The first kappa shape index (κ1) is 6.99. The van der Waals surface area contributed by atoms with E-state index in [-0.39, 0.29) is 5.78 Å². The molecule has 0 fully saturated rings. The van der Waals surface area contributed by atoms with Crippen molar-refractivity contribution in [1.29, 1.82) is 0 Å². The van der Waals surface area contributed by atoms with E-state index in [1.54, 1.807) is 6.21 Å². The molecule has 1 aliphatic rings. The number of hydrogen-bond donors (Lipinski definition) is 1. The highest BCUT2D eigenvalue weighted by molar-refractivity contribution is 5.95. The molecule has 0 amide bonds. The molecule has 1 N–H and O–H groups in total. The van der Waals surface area contributed by atoms with Gasteiger partial charge in [-0.05, 0) is 6.92 Å². The van der Waals surface area contributed by atoms with Gasteiger partial charge in [-0.1, -0.05) is 0 Å². The lowest BCUT2D eigenvalue weighted by Gasteiger charge is -2.10. The molecule has 1 heterocycles. The predicted molar refractivity (Wildman–Crippen MR) is 39.9 cm³/mol. The standard InChI is InChI=1S/C7H10N2O/c1-5-7(6(2)10)9-4-3-8-5/h4,8H,3H2,1-2H3. The second-order valence-electron chi connectivity index (χ2n) is 2.22. The van der Waals surface area contributed by atoms with Gasteiger partial charge in [0, 0.05) is 18.8 Å². The van der Waals surface area contributed by atoms with Crippen LogP contribution in [0.4, 0.5) is 0 Å². The van der Waals surface area contributed by atoms with Crippen LogP contribution in [0.2, 0.25) is 0 Å². The number of aliphatic imine (C=N–C) groups is 1. The second-order valence-corrected chi connectivity index (χ2v) is 2.22. The van der Waals surface area contributed by atoms with Gasteiger partial charge in [-0.3, -0.25) is 9.79 Å². The van der Waals surface area contributed by atoms with Crippen molar-refractivity contribution in [3.8, 4) is 0 Å². The van der Waals surface area contributed by atoms with Gasteiger partial charge in [-0.2, -0.15) is 0 Å². The zero-order valence-electron chi connectivity index (χ0n) is 6.14. The molecule has 0 radical (unpaired) electrons. The highest BCUT2D eigenvalue weighted by Gasteiger charge is 2.07. The average Bonchev–Trinajstić information content (AvgIpc) is 1.88. The Morgan fingerprint density at radius 2 is 2.50 bits per heavy atom. The molecule has 3 nitrogen and oxygen atoms in total. The summed E-state index contributed by atoms with van der Waals surface area (Å²) in [7, 11) is 0. The largest absolute Gasteiger partial charge is 0.382 e. The number of allylic oxidation sites excluding steroid dienone is 2. The first-order valence-electron chi connectivity index (χ1n) is 3.20. The SMILES string of the molecule is CC(=O)C1=C(C)NCC=N1. The number of Topliss-reactive ketones (excluding diaryl/α,β-unsaturated/α-hetero) is 1.